The maximum absolute atomic E-state index is 10.6. The first-order valence-corrected chi connectivity index (χ1v) is 4.45. The average Bonchev–Trinajstić information content (AvgIpc) is 2.25. The zero-order valence-corrected chi connectivity index (χ0v) is 8.53. The van der Waals surface area contributed by atoms with E-state index in [1.54, 1.807) is 25.3 Å². The zero-order valence-electron chi connectivity index (χ0n) is 8.53. The molecule has 0 fully saturated rings. The quantitative estimate of drug-likeness (QED) is 0.717. The molecule has 0 saturated carbocycles. The molecule has 0 unspecified atom stereocenters. The summed E-state index contributed by atoms with van der Waals surface area (Å²) in [6, 6.07) is 5.24. The van der Waals surface area contributed by atoms with Gasteiger partial charge in [0.05, 0.1) is 7.11 Å². The molecule has 5 nitrogen and oxygen atoms in total. The van der Waals surface area contributed by atoms with Gasteiger partial charge in [-0.3, -0.25) is 4.79 Å². The fraction of sp³-hybridized carbons (Fsp3) is 0.300. The number of benzene rings is 1. The molecule has 4 N–H and O–H groups in total. The van der Waals surface area contributed by atoms with E-state index in [1.165, 1.54) is 0 Å². The van der Waals surface area contributed by atoms with Gasteiger partial charge >= 0.3 is 0 Å². The lowest BCUT2D eigenvalue weighted by atomic mass is 10.2. The molecule has 0 bridgehead atoms. The number of amides is 1. The van der Waals surface area contributed by atoms with Gasteiger partial charge < -0.3 is 20.9 Å². The number of primary amides is 1. The van der Waals surface area contributed by atoms with Crippen molar-refractivity contribution in [1.29, 1.82) is 0 Å². The van der Waals surface area contributed by atoms with Crippen LogP contribution in [0, 0.1) is 0 Å². The molecule has 5 heteroatoms. The highest BCUT2D eigenvalue weighted by molar-refractivity contribution is 5.75. The Balaban J connectivity index is 2.85. The lowest BCUT2D eigenvalue weighted by Gasteiger charge is -2.10. The van der Waals surface area contributed by atoms with Crippen molar-refractivity contribution in [2.24, 2.45) is 11.5 Å². The summed E-state index contributed by atoms with van der Waals surface area (Å²) >= 11 is 0. The Morgan fingerprint density at radius 3 is 2.73 bits per heavy atom. The summed E-state index contributed by atoms with van der Waals surface area (Å²) in [4.78, 5) is 10.6. The fourth-order valence-electron chi connectivity index (χ4n) is 1.11. The van der Waals surface area contributed by atoms with Gasteiger partial charge in [0.25, 0.3) is 5.91 Å². The van der Waals surface area contributed by atoms with Crippen molar-refractivity contribution in [3.8, 4) is 11.5 Å². The summed E-state index contributed by atoms with van der Waals surface area (Å²) in [7, 11) is 1.55. The van der Waals surface area contributed by atoms with E-state index in [0.717, 1.165) is 5.56 Å². The third kappa shape index (κ3) is 3.14. The maximum atomic E-state index is 10.6. The van der Waals surface area contributed by atoms with Crippen LogP contribution < -0.4 is 20.9 Å². The molecule has 0 spiro atoms. The third-order valence-electron chi connectivity index (χ3n) is 1.86. The molecule has 0 aliphatic carbocycles. The molecule has 82 valence electrons. The lowest BCUT2D eigenvalue weighted by Crippen LogP contribution is -2.20. The molecule has 0 aliphatic heterocycles. The molecule has 0 heterocycles. The first-order valence-electron chi connectivity index (χ1n) is 4.45. The molecule has 1 amide bonds. The largest absolute Gasteiger partial charge is 0.497 e. The number of nitrogens with two attached hydrogens (primary N) is 2. The Kier molecular flexibility index (Phi) is 3.93. The minimum atomic E-state index is -0.527. The van der Waals surface area contributed by atoms with E-state index in [0.29, 0.717) is 18.0 Å². The summed E-state index contributed by atoms with van der Waals surface area (Å²) in [5.41, 5.74) is 11.3. The standard InChI is InChI=1S/C10H14N2O3/c1-14-8-3-2-7(5-11)9(4-8)15-6-10(12)13/h2-4H,5-6,11H2,1H3,(H2,12,13). The van der Waals surface area contributed by atoms with Crippen molar-refractivity contribution in [3.63, 3.8) is 0 Å². The number of rotatable bonds is 5. The summed E-state index contributed by atoms with van der Waals surface area (Å²) in [5.74, 6) is 0.642. The number of hydrogen-bond donors (Lipinski definition) is 2. The first kappa shape index (κ1) is 11.3. The van der Waals surface area contributed by atoms with Crippen LogP contribution in [0.2, 0.25) is 0 Å². The van der Waals surface area contributed by atoms with Crippen LogP contribution in [0.1, 0.15) is 5.56 Å². The van der Waals surface area contributed by atoms with E-state index in [-0.39, 0.29) is 6.61 Å². The molecule has 0 radical (unpaired) electrons. The summed E-state index contributed by atoms with van der Waals surface area (Å²) in [5, 5.41) is 0. The Morgan fingerprint density at radius 2 is 2.20 bits per heavy atom. The van der Waals surface area contributed by atoms with Crippen molar-refractivity contribution >= 4 is 5.91 Å². The predicted molar refractivity (Wildman–Crippen MR) is 55.6 cm³/mol. The SMILES string of the molecule is COc1ccc(CN)c(OCC(N)=O)c1. The van der Waals surface area contributed by atoms with Gasteiger partial charge in [-0.1, -0.05) is 6.07 Å². The van der Waals surface area contributed by atoms with E-state index in [4.69, 9.17) is 20.9 Å². The van der Waals surface area contributed by atoms with Gasteiger partial charge in [0.15, 0.2) is 6.61 Å². The van der Waals surface area contributed by atoms with Crippen molar-refractivity contribution in [3.05, 3.63) is 23.8 Å². The van der Waals surface area contributed by atoms with Crippen molar-refractivity contribution < 1.29 is 14.3 Å². The number of ether oxygens (including phenoxy) is 2. The van der Waals surface area contributed by atoms with Crippen LogP contribution >= 0.6 is 0 Å². The number of carbonyl (C=O) groups excluding carboxylic acids is 1. The van der Waals surface area contributed by atoms with Gasteiger partial charge in [-0.2, -0.15) is 0 Å². The molecule has 0 aliphatic rings. The molecular formula is C10H14N2O3. The number of carbonyl (C=O) groups is 1. The maximum Gasteiger partial charge on any atom is 0.255 e. The van der Waals surface area contributed by atoms with Crippen LogP contribution in [0.15, 0.2) is 18.2 Å². The topological polar surface area (TPSA) is 87.6 Å². The van der Waals surface area contributed by atoms with Crippen molar-refractivity contribution in [2.45, 2.75) is 6.54 Å². The molecular weight excluding hydrogens is 196 g/mol. The Hall–Kier alpha value is -1.75. The smallest absolute Gasteiger partial charge is 0.255 e. The summed E-state index contributed by atoms with van der Waals surface area (Å²) < 4.78 is 10.2. The molecule has 1 aromatic rings. The third-order valence-corrected chi connectivity index (χ3v) is 1.86. The van der Waals surface area contributed by atoms with Gasteiger partial charge in [0, 0.05) is 18.2 Å². The second kappa shape index (κ2) is 5.21. The molecule has 1 aromatic carbocycles. The highest BCUT2D eigenvalue weighted by atomic mass is 16.5. The lowest BCUT2D eigenvalue weighted by molar-refractivity contribution is -0.119. The van der Waals surface area contributed by atoms with Crippen LogP contribution in [0.4, 0.5) is 0 Å². The van der Waals surface area contributed by atoms with Crippen molar-refractivity contribution in [2.75, 3.05) is 13.7 Å². The van der Waals surface area contributed by atoms with Crippen LogP contribution in [-0.4, -0.2) is 19.6 Å². The normalized spacial score (nSPS) is 9.73. The van der Waals surface area contributed by atoms with E-state index in [2.05, 4.69) is 0 Å². The first-order chi connectivity index (χ1) is 7.17. The Morgan fingerprint density at radius 1 is 1.47 bits per heavy atom. The minimum absolute atomic E-state index is 0.167. The van der Waals surface area contributed by atoms with Crippen LogP contribution in [0.3, 0.4) is 0 Å². The monoisotopic (exact) mass is 210 g/mol. The molecule has 1 rings (SSSR count). The molecule has 0 atom stereocenters. The van der Waals surface area contributed by atoms with E-state index >= 15 is 0 Å². The molecule has 0 saturated heterocycles. The highest BCUT2D eigenvalue weighted by Crippen LogP contribution is 2.24. The summed E-state index contributed by atoms with van der Waals surface area (Å²) in [6.07, 6.45) is 0. The van der Waals surface area contributed by atoms with Crippen LogP contribution in [0.5, 0.6) is 11.5 Å². The molecule has 15 heavy (non-hydrogen) atoms. The van der Waals surface area contributed by atoms with Gasteiger partial charge in [0.2, 0.25) is 0 Å². The fourth-order valence-corrected chi connectivity index (χ4v) is 1.11. The second-order valence-electron chi connectivity index (χ2n) is 2.93. The Labute approximate surface area is 88.0 Å². The van der Waals surface area contributed by atoms with Gasteiger partial charge in [-0.05, 0) is 6.07 Å². The summed E-state index contributed by atoms with van der Waals surface area (Å²) in [6.45, 7) is 0.165. The van der Waals surface area contributed by atoms with Crippen molar-refractivity contribution in [1.82, 2.24) is 0 Å². The van der Waals surface area contributed by atoms with E-state index in [1.807, 2.05) is 0 Å². The molecule has 0 aromatic heterocycles. The van der Waals surface area contributed by atoms with E-state index < -0.39 is 5.91 Å². The van der Waals surface area contributed by atoms with Crippen LogP contribution in [0.25, 0.3) is 0 Å². The minimum Gasteiger partial charge on any atom is -0.497 e. The van der Waals surface area contributed by atoms with Gasteiger partial charge in [0.1, 0.15) is 11.5 Å². The zero-order chi connectivity index (χ0) is 11.3. The predicted octanol–water partition coefficient (Wildman–Crippen LogP) is 0.0180. The number of methoxy groups -OCH3 is 1. The Bertz CT molecular complexity index is 353. The highest BCUT2D eigenvalue weighted by Gasteiger charge is 2.05. The second-order valence-corrected chi connectivity index (χ2v) is 2.93. The van der Waals surface area contributed by atoms with Gasteiger partial charge in [-0.15, -0.1) is 0 Å². The average molecular weight is 210 g/mol. The van der Waals surface area contributed by atoms with E-state index in [9.17, 15) is 4.79 Å². The van der Waals surface area contributed by atoms with Crippen LogP contribution in [-0.2, 0) is 11.3 Å². The van der Waals surface area contributed by atoms with Gasteiger partial charge in [-0.25, -0.2) is 0 Å². The number of hydrogen-bond acceptors (Lipinski definition) is 4.